The van der Waals surface area contributed by atoms with Gasteiger partial charge in [-0.25, -0.2) is 0 Å². The first-order chi connectivity index (χ1) is 9.06. The van der Waals surface area contributed by atoms with E-state index in [1.807, 2.05) is 6.92 Å². The molecule has 4 nitrogen and oxygen atoms in total. The Hall–Kier alpha value is -0.260. The molecule has 1 amide bonds. The summed E-state index contributed by atoms with van der Waals surface area (Å²) in [5, 5.41) is 12.7. The van der Waals surface area contributed by atoms with Gasteiger partial charge in [0.2, 0.25) is 5.91 Å². The largest absolute Gasteiger partial charge is 0.395 e. The molecule has 0 bridgehead atoms. The van der Waals surface area contributed by atoms with E-state index in [0.29, 0.717) is 5.92 Å². The molecule has 0 aliphatic heterocycles. The molecule has 0 spiro atoms. The van der Waals surface area contributed by atoms with Gasteiger partial charge in [0.25, 0.3) is 0 Å². The number of hydrogen-bond acceptors (Lipinski definition) is 4. The number of thioether (sulfide) groups is 1. The number of carbonyl (C=O) groups is 1. The van der Waals surface area contributed by atoms with Crippen molar-refractivity contribution >= 4 is 17.7 Å². The van der Waals surface area contributed by atoms with Gasteiger partial charge >= 0.3 is 0 Å². The zero-order chi connectivity index (χ0) is 14.3. The van der Waals surface area contributed by atoms with Crippen LogP contribution in [0, 0.1) is 5.92 Å². The number of amides is 1. The van der Waals surface area contributed by atoms with E-state index in [0.717, 1.165) is 44.4 Å². The van der Waals surface area contributed by atoms with Crippen molar-refractivity contribution in [2.24, 2.45) is 11.7 Å². The van der Waals surface area contributed by atoms with Gasteiger partial charge in [0.15, 0.2) is 0 Å². The predicted octanol–water partition coefficient (Wildman–Crippen LogP) is 1.51. The molecule has 3 unspecified atom stereocenters. The zero-order valence-corrected chi connectivity index (χ0v) is 13.0. The molecule has 0 aromatic heterocycles. The second-order valence-electron chi connectivity index (χ2n) is 5.50. The van der Waals surface area contributed by atoms with E-state index < -0.39 is 5.54 Å². The summed E-state index contributed by atoms with van der Waals surface area (Å²) >= 11 is 1.77. The van der Waals surface area contributed by atoms with E-state index >= 15 is 0 Å². The van der Waals surface area contributed by atoms with Crippen molar-refractivity contribution in [2.45, 2.75) is 56.7 Å². The quantitative estimate of drug-likeness (QED) is 0.601. The van der Waals surface area contributed by atoms with Crippen LogP contribution < -0.4 is 11.1 Å². The maximum Gasteiger partial charge on any atom is 0.238 e. The standard InChI is InChI=1S/C14H28N2O2S/c1-3-8-16-14(13(15)18)7-4-5-12(14)6-9-19-11(2)10-17/h11-12,16-17H,3-10H2,1-2H3,(H2,15,18). The number of rotatable bonds is 9. The Kier molecular flexibility index (Phi) is 7.18. The fourth-order valence-electron chi connectivity index (χ4n) is 2.93. The Morgan fingerprint density at radius 1 is 1.63 bits per heavy atom. The van der Waals surface area contributed by atoms with E-state index in [1.165, 1.54) is 0 Å². The van der Waals surface area contributed by atoms with Crippen LogP contribution in [0.3, 0.4) is 0 Å². The number of primary amides is 1. The molecule has 1 fully saturated rings. The lowest BCUT2D eigenvalue weighted by atomic mass is 9.84. The lowest BCUT2D eigenvalue weighted by Gasteiger charge is -2.34. The first-order valence-electron chi connectivity index (χ1n) is 7.34. The van der Waals surface area contributed by atoms with Crippen LogP contribution in [-0.4, -0.2) is 40.7 Å². The van der Waals surface area contributed by atoms with Crippen molar-refractivity contribution in [2.75, 3.05) is 18.9 Å². The zero-order valence-electron chi connectivity index (χ0n) is 12.2. The van der Waals surface area contributed by atoms with Crippen molar-refractivity contribution in [3.8, 4) is 0 Å². The summed E-state index contributed by atoms with van der Waals surface area (Å²) in [4.78, 5) is 11.9. The highest BCUT2D eigenvalue weighted by atomic mass is 32.2. The minimum Gasteiger partial charge on any atom is -0.395 e. The molecule has 1 aliphatic carbocycles. The number of carbonyl (C=O) groups excluding carboxylic acids is 1. The molecule has 0 saturated heterocycles. The molecule has 3 atom stereocenters. The maximum atomic E-state index is 11.9. The van der Waals surface area contributed by atoms with Gasteiger partial charge in [-0.3, -0.25) is 4.79 Å². The van der Waals surface area contributed by atoms with Crippen LogP contribution in [-0.2, 0) is 4.79 Å². The van der Waals surface area contributed by atoms with Gasteiger partial charge < -0.3 is 16.2 Å². The first kappa shape index (κ1) is 16.8. The topological polar surface area (TPSA) is 75.3 Å². The molecule has 1 aliphatic rings. The highest BCUT2D eigenvalue weighted by Crippen LogP contribution is 2.38. The Bertz CT molecular complexity index is 289. The van der Waals surface area contributed by atoms with Crippen molar-refractivity contribution in [1.29, 1.82) is 0 Å². The number of nitrogens with one attached hydrogen (secondary N) is 1. The third-order valence-electron chi connectivity index (χ3n) is 4.08. The van der Waals surface area contributed by atoms with Crippen LogP contribution in [0.2, 0.25) is 0 Å². The predicted molar refractivity (Wildman–Crippen MR) is 81.2 cm³/mol. The lowest BCUT2D eigenvalue weighted by Crippen LogP contribution is -2.58. The van der Waals surface area contributed by atoms with Crippen molar-refractivity contribution in [3.05, 3.63) is 0 Å². The summed E-state index contributed by atoms with van der Waals surface area (Å²) in [6.45, 7) is 5.18. The molecule has 112 valence electrons. The van der Waals surface area contributed by atoms with Gasteiger partial charge in [-0.05, 0) is 43.9 Å². The minimum atomic E-state index is -0.487. The van der Waals surface area contributed by atoms with Gasteiger partial charge in [-0.2, -0.15) is 11.8 Å². The second kappa shape index (κ2) is 8.12. The summed E-state index contributed by atoms with van der Waals surface area (Å²) in [5.74, 6) is 1.13. The van der Waals surface area contributed by atoms with Gasteiger partial charge in [0.05, 0.1) is 6.61 Å². The molecule has 1 saturated carbocycles. The van der Waals surface area contributed by atoms with Gasteiger partial charge in [0, 0.05) is 5.25 Å². The third-order valence-corrected chi connectivity index (χ3v) is 5.27. The fraction of sp³-hybridized carbons (Fsp3) is 0.929. The van der Waals surface area contributed by atoms with Crippen LogP contribution >= 0.6 is 11.8 Å². The van der Waals surface area contributed by atoms with Gasteiger partial charge in [-0.15, -0.1) is 0 Å². The molecular weight excluding hydrogens is 260 g/mol. The van der Waals surface area contributed by atoms with Crippen LogP contribution in [0.15, 0.2) is 0 Å². The molecule has 0 aromatic carbocycles. The molecule has 19 heavy (non-hydrogen) atoms. The summed E-state index contributed by atoms with van der Waals surface area (Å²) < 4.78 is 0. The smallest absolute Gasteiger partial charge is 0.238 e. The van der Waals surface area contributed by atoms with Crippen LogP contribution in [0.5, 0.6) is 0 Å². The monoisotopic (exact) mass is 288 g/mol. The highest BCUT2D eigenvalue weighted by molar-refractivity contribution is 7.99. The Morgan fingerprint density at radius 2 is 2.37 bits per heavy atom. The van der Waals surface area contributed by atoms with Crippen LogP contribution in [0.4, 0.5) is 0 Å². The normalized spacial score (nSPS) is 28.5. The number of nitrogens with two attached hydrogens (primary N) is 1. The van der Waals surface area contributed by atoms with E-state index in [9.17, 15) is 4.79 Å². The Morgan fingerprint density at radius 3 is 2.95 bits per heavy atom. The molecule has 0 aromatic rings. The average molecular weight is 288 g/mol. The van der Waals surface area contributed by atoms with E-state index in [2.05, 4.69) is 12.2 Å². The van der Waals surface area contributed by atoms with E-state index in [1.54, 1.807) is 11.8 Å². The van der Waals surface area contributed by atoms with E-state index in [-0.39, 0.29) is 17.8 Å². The average Bonchev–Trinajstić information content (AvgIpc) is 2.80. The molecule has 4 N–H and O–H groups in total. The van der Waals surface area contributed by atoms with E-state index in [4.69, 9.17) is 10.8 Å². The van der Waals surface area contributed by atoms with Crippen molar-refractivity contribution < 1.29 is 9.90 Å². The SMILES string of the molecule is CCCNC1(C(N)=O)CCCC1CCSC(C)CO. The molecular formula is C14H28N2O2S. The summed E-state index contributed by atoms with van der Waals surface area (Å²) in [5.41, 5.74) is 5.19. The first-order valence-corrected chi connectivity index (χ1v) is 8.39. The minimum absolute atomic E-state index is 0.191. The maximum absolute atomic E-state index is 11.9. The molecule has 1 rings (SSSR count). The number of hydrogen-bond donors (Lipinski definition) is 3. The fourth-order valence-corrected chi connectivity index (χ4v) is 3.85. The van der Waals surface area contributed by atoms with Crippen LogP contribution in [0.25, 0.3) is 0 Å². The van der Waals surface area contributed by atoms with Crippen molar-refractivity contribution in [3.63, 3.8) is 0 Å². The molecule has 5 heteroatoms. The third kappa shape index (κ3) is 4.36. The highest BCUT2D eigenvalue weighted by Gasteiger charge is 2.46. The van der Waals surface area contributed by atoms with Gasteiger partial charge in [0.1, 0.15) is 5.54 Å². The Labute approximate surface area is 120 Å². The van der Waals surface area contributed by atoms with Crippen molar-refractivity contribution in [1.82, 2.24) is 5.32 Å². The lowest BCUT2D eigenvalue weighted by molar-refractivity contribution is -0.126. The summed E-state index contributed by atoms with van der Waals surface area (Å²) in [6.07, 6.45) is 5.03. The number of aliphatic hydroxyl groups excluding tert-OH is 1. The van der Waals surface area contributed by atoms with Crippen LogP contribution in [0.1, 0.15) is 46.0 Å². The molecule has 0 heterocycles. The van der Waals surface area contributed by atoms with Gasteiger partial charge in [-0.1, -0.05) is 20.3 Å². The number of aliphatic hydroxyl groups is 1. The second-order valence-corrected chi connectivity index (χ2v) is 7.05. The summed E-state index contributed by atoms with van der Waals surface area (Å²) in [7, 11) is 0. The Balaban J connectivity index is 2.56. The molecule has 0 radical (unpaired) electrons. The summed E-state index contributed by atoms with van der Waals surface area (Å²) in [6, 6.07) is 0.